The van der Waals surface area contributed by atoms with Gasteiger partial charge in [0.1, 0.15) is 0 Å². The van der Waals surface area contributed by atoms with Crippen LogP contribution >= 0.6 is 0 Å². The molecule has 0 radical (unpaired) electrons. The Bertz CT molecular complexity index is 706. The third-order valence-electron chi connectivity index (χ3n) is 4.33. The van der Waals surface area contributed by atoms with Gasteiger partial charge in [0, 0.05) is 22.8 Å². The Morgan fingerprint density at radius 3 is 0.964 bits per heavy atom. The van der Waals surface area contributed by atoms with Gasteiger partial charge in [-0.3, -0.25) is 10.2 Å². The lowest BCUT2D eigenvalue weighted by Gasteiger charge is -1.79. The molecular weight excluding hydrogens is 352 g/mol. The highest BCUT2D eigenvalue weighted by Crippen LogP contribution is 1.97. The number of imidazole rings is 2. The van der Waals surface area contributed by atoms with Crippen LogP contribution in [0.1, 0.15) is 45.3 Å². The Labute approximate surface area is 166 Å². The lowest BCUT2D eigenvalue weighted by molar-refractivity contribution is 1.04. The number of aromatic amines is 4. The van der Waals surface area contributed by atoms with Gasteiger partial charge in [0.15, 0.2) is 0 Å². The van der Waals surface area contributed by atoms with Gasteiger partial charge in [-0.05, 0) is 66.5 Å². The van der Waals surface area contributed by atoms with E-state index < -0.39 is 0 Å². The van der Waals surface area contributed by atoms with Crippen LogP contribution in [0.4, 0.5) is 0 Å². The van der Waals surface area contributed by atoms with E-state index in [1.165, 1.54) is 11.1 Å². The Hall–Kier alpha value is -3.16. The monoisotopic (exact) mass is 384 g/mol. The average molecular weight is 385 g/mol. The summed E-state index contributed by atoms with van der Waals surface area (Å²) in [6, 6.07) is 0. The van der Waals surface area contributed by atoms with E-state index in [0.717, 1.165) is 34.2 Å². The van der Waals surface area contributed by atoms with Gasteiger partial charge in [-0.15, -0.1) is 0 Å². The van der Waals surface area contributed by atoms with Crippen molar-refractivity contribution in [3.05, 3.63) is 70.3 Å². The molecule has 0 amide bonds. The summed E-state index contributed by atoms with van der Waals surface area (Å²) in [4.78, 5) is 13.8. The molecule has 0 saturated heterocycles. The van der Waals surface area contributed by atoms with Gasteiger partial charge in [-0.25, -0.2) is 9.97 Å². The number of hydrogen-bond donors (Lipinski definition) is 4. The first-order valence-electron chi connectivity index (χ1n) is 9.08. The van der Waals surface area contributed by atoms with E-state index in [2.05, 4.69) is 40.3 Å². The molecule has 0 spiro atoms. The molecule has 4 N–H and O–H groups in total. The highest BCUT2D eigenvalue weighted by atomic mass is 15.1. The Morgan fingerprint density at radius 2 is 0.893 bits per heavy atom. The number of rotatable bonds is 0. The van der Waals surface area contributed by atoms with Crippen molar-refractivity contribution in [1.29, 1.82) is 0 Å². The van der Waals surface area contributed by atoms with E-state index in [9.17, 15) is 0 Å². The fourth-order valence-electron chi connectivity index (χ4n) is 1.68. The Balaban J connectivity index is 0.000000187. The van der Waals surface area contributed by atoms with Gasteiger partial charge in [0.05, 0.1) is 36.4 Å². The van der Waals surface area contributed by atoms with E-state index in [1.807, 2.05) is 67.8 Å². The number of nitrogens with one attached hydrogen (secondary N) is 4. The summed E-state index contributed by atoms with van der Waals surface area (Å²) in [5.74, 6) is 0. The van der Waals surface area contributed by atoms with Crippen LogP contribution in [0.25, 0.3) is 0 Å². The average Bonchev–Trinajstić information content (AvgIpc) is 3.41. The first-order valence-corrected chi connectivity index (χ1v) is 9.08. The zero-order chi connectivity index (χ0) is 21.1. The van der Waals surface area contributed by atoms with Crippen molar-refractivity contribution in [3.8, 4) is 0 Å². The molecule has 0 aliphatic rings. The van der Waals surface area contributed by atoms with Crippen LogP contribution in [0, 0.1) is 55.4 Å². The molecule has 28 heavy (non-hydrogen) atoms. The smallest absolute Gasteiger partial charge is 0.0925 e. The minimum absolute atomic E-state index is 1.08. The SMILES string of the molecule is Cc1cn[nH]c1C.Cc1cn[nH]c1C.Cc1nc[nH]c1C.Cc1nc[nH]c1C. The number of nitrogens with zero attached hydrogens (tertiary/aromatic N) is 4. The third kappa shape index (κ3) is 8.03. The minimum Gasteiger partial charge on any atom is -0.348 e. The largest absolute Gasteiger partial charge is 0.348 e. The predicted octanol–water partition coefficient (Wildman–Crippen LogP) is 4.11. The second-order valence-electron chi connectivity index (χ2n) is 6.58. The minimum atomic E-state index is 1.08. The van der Waals surface area contributed by atoms with Crippen molar-refractivity contribution in [3.63, 3.8) is 0 Å². The number of H-pyrrole nitrogens is 4. The molecule has 0 atom stereocenters. The molecule has 4 rings (SSSR count). The van der Waals surface area contributed by atoms with Gasteiger partial charge in [-0.2, -0.15) is 10.2 Å². The van der Waals surface area contributed by atoms with Crippen LogP contribution in [0.15, 0.2) is 25.0 Å². The second kappa shape index (κ2) is 11.5. The van der Waals surface area contributed by atoms with E-state index in [-0.39, 0.29) is 0 Å². The molecule has 0 aliphatic heterocycles. The fourth-order valence-corrected chi connectivity index (χ4v) is 1.68. The Kier molecular flexibility index (Phi) is 9.42. The lowest BCUT2D eigenvalue weighted by Crippen LogP contribution is -1.71. The van der Waals surface area contributed by atoms with Crippen molar-refractivity contribution < 1.29 is 0 Å². The molecule has 0 fully saturated rings. The molecule has 0 unspecified atom stereocenters. The quantitative estimate of drug-likeness (QED) is 0.365. The zero-order valence-corrected chi connectivity index (χ0v) is 18.1. The van der Waals surface area contributed by atoms with Gasteiger partial charge in [-0.1, -0.05) is 0 Å². The van der Waals surface area contributed by atoms with Crippen LogP contribution in [-0.4, -0.2) is 40.3 Å². The summed E-state index contributed by atoms with van der Waals surface area (Å²) in [6.07, 6.45) is 7.03. The summed E-state index contributed by atoms with van der Waals surface area (Å²) in [5.41, 5.74) is 9.22. The first kappa shape index (κ1) is 22.9. The van der Waals surface area contributed by atoms with Crippen LogP contribution in [0.5, 0.6) is 0 Å². The molecule has 0 bridgehead atoms. The molecule has 4 aromatic rings. The van der Waals surface area contributed by atoms with E-state index in [4.69, 9.17) is 0 Å². The predicted molar refractivity (Wildman–Crippen MR) is 112 cm³/mol. The first-order chi connectivity index (χ1) is 13.2. The lowest BCUT2D eigenvalue weighted by atomic mass is 10.3. The van der Waals surface area contributed by atoms with Gasteiger partial charge >= 0.3 is 0 Å². The van der Waals surface area contributed by atoms with Crippen LogP contribution in [0.2, 0.25) is 0 Å². The highest BCUT2D eigenvalue weighted by molar-refractivity contribution is 5.11. The van der Waals surface area contributed by atoms with Crippen molar-refractivity contribution >= 4 is 0 Å². The molecule has 0 aromatic carbocycles. The van der Waals surface area contributed by atoms with Crippen LogP contribution in [0.3, 0.4) is 0 Å². The second-order valence-corrected chi connectivity index (χ2v) is 6.58. The van der Waals surface area contributed by atoms with E-state index in [1.54, 1.807) is 12.7 Å². The van der Waals surface area contributed by atoms with Gasteiger partial charge in [0.25, 0.3) is 0 Å². The molecule has 0 saturated carbocycles. The van der Waals surface area contributed by atoms with Crippen molar-refractivity contribution in [2.75, 3.05) is 0 Å². The fraction of sp³-hybridized carbons (Fsp3) is 0.400. The van der Waals surface area contributed by atoms with E-state index in [0.29, 0.717) is 0 Å². The number of hydrogen-bond acceptors (Lipinski definition) is 4. The summed E-state index contributed by atoms with van der Waals surface area (Å²) < 4.78 is 0. The maximum atomic E-state index is 3.96. The molecule has 152 valence electrons. The van der Waals surface area contributed by atoms with Crippen molar-refractivity contribution in [1.82, 2.24) is 40.3 Å². The molecule has 0 aliphatic carbocycles. The third-order valence-corrected chi connectivity index (χ3v) is 4.33. The zero-order valence-electron chi connectivity index (χ0n) is 18.1. The Morgan fingerprint density at radius 1 is 0.536 bits per heavy atom. The van der Waals surface area contributed by atoms with Gasteiger partial charge < -0.3 is 9.97 Å². The summed E-state index contributed by atoms with van der Waals surface area (Å²) in [7, 11) is 0. The summed E-state index contributed by atoms with van der Waals surface area (Å²) in [6.45, 7) is 16.0. The van der Waals surface area contributed by atoms with E-state index >= 15 is 0 Å². The molecule has 8 nitrogen and oxygen atoms in total. The normalized spacial score (nSPS) is 9.43. The highest BCUT2D eigenvalue weighted by Gasteiger charge is 1.89. The molecule has 8 heteroatoms. The number of aromatic nitrogens is 8. The number of aryl methyl sites for hydroxylation is 8. The summed E-state index contributed by atoms with van der Waals surface area (Å²) in [5, 5.41) is 13.2. The topological polar surface area (TPSA) is 115 Å². The summed E-state index contributed by atoms with van der Waals surface area (Å²) >= 11 is 0. The van der Waals surface area contributed by atoms with Crippen LogP contribution in [-0.2, 0) is 0 Å². The molecule has 4 heterocycles. The van der Waals surface area contributed by atoms with Crippen LogP contribution < -0.4 is 0 Å². The van der Waals surface area contributed by atoms with Crippen molar-refractivity contribution in [2.45, 2.75) is 55.4 Å². The molecule has 4 aromatic heterocycles. The maximum absolute atomic E-state index is 3.96. The standard InChI is InChI=1S/4C5H8N2/c2*1-4-5(2)7-3-6-4;2*1-4-3-6-7-5(4)2/h4*3H,1-2H3,(H,6,7). The maximum Gasteiger partial charge on any atom is 0.0925 e. The van der Waals surface area contributed by atoms with Crippen molar-refractivity contribution in [2.24, 2.45) is 0 Å². The molecular formula is C20H32N8. The van der Waals surface area contributed by atoms with Gasteiger partial charge in [0.2, 0.25) is 0 Å².